The van der Waals surface area contributed by atoms with Gasteiger partial charge in [0, 0.05) is 20.7 Å². The van der Waals surface area contributed by atoms with E-state index in [1.165, 1.54) is 9.13 Å². The van der Waals surface area contributed by atoms with Gasteiger partial charge in [-0.2, -0.15) is 4.98 Å². The molecule has 1 aromatic carbocycles. The minimum absolute atomic E-state index is 0.0861. The summed E-state index contributed by atoms with van der Waals surface area (Å²) >= 11 is 12.0. The Hall–Kier alpha value is -2.29. The number of anilines is 1. The van der Waals surface area contributed by atoms with E-state index in [0.29, 0.717) is 39.3 Å². The lowest BCUT2D eigenvalue weighted by molar-refractivity contribution is 0.0873. The molecule has 1 saturated heterocycles. The van der Waals surface area contributed by atoms with Crippen LogP contribution in [0.15, 0.2) is 27.8 Å². The van der Waals surface area contributed by atoms with Crippen molar-refractivity contribution in [1.82, 2.24) is 18.7 Å². The first-order valence-electron chi connectivity index (χ1n) is 9.31. The zero-order valence-corrected chi connectivity index (χ0v) is 17.6. The molecule has 2 aromatic heterocycles. The fourth-order valence-electron chi connectivity index (χ4n) is 3.57. The second-order valence-corrected chi connectivity index (χ2v) is 8.02. The first kappa shape index (κ1) is 20.0. The number of nitrogens with zero attached hydrogens (tertiary/aromatic N) is 4. The maximum Gasteiger partial charge on any atom is 0.332 e. The van der Waals surface area contributed by atoms with Gasteiger partial charge < -0.3 is 14.6 Å². The van der Waals surface area contributed by atoms with Gasteiger partial charge in [-0.05, 0) is 30.5 Å². The molecule has 3 heterocycles. The average molecular weight is 438 g/mol. The summed E-state index contributed by atoms with van der Waals surface area (Å²) in [7, 11) is 3.37. The van der Waals surface area contributed by atoms with Crippen molar-refractivity contribution in [3.8, 4) is 0 Å². The Morgan fingerprint density at radius 2 is 2.00 bits per heavy atom. The Morgan fingerprint density at radius 1 is 1.21 bits per heavy atom. The first-order chi connectivity index (χ1) is 13.9. The number of benzene rings is 1. The smallest absolute Gasteiger partial charge is 0.332 e. The van der Waals surface area contributed by atoms with Gasteiger partial charge in [0.05, 0.1) is 29.2 Å². The lowest BCUT2D eigenvalue weighted by atomic mass is 10.1. The lowest BCUT2D eigenvalue weighted by Gasteiger charge is -2.23. The van der Waals surface area contributed by atoms with Crippen molar-refractivity contribution in [2.75, 3.05) is 18.5 Å². The van der Waals surface area contributed by atoms with Crippen LogP contribution in [0.25, 0.3) is 11.2 Å². The Bertz CT molecular complexity index is 1190. The van der Waals surface area contributed by atoms with Crippen molar-refractivity contribution in [3.63, 3.8) is 0 Å². The number of hydrogen-bond donors (Lipinski definition) is 1. The van der Waals surface area contributed by atoms with Gasteiger partial charge in [0.1, 0.15) is 0 Å². The van der Waals surface area contributed by atoms with Crippen LogP contribution in [0.2, 0.25) is 10.0 Å². The van der Waals surface area contributed by atoms with Crippen molar-refractivity contribution in [2.24, 2.45) is 14.1 Å². The topological polar surface area (TPSA) is 83.1 Å². The molecule has 4 rings (SSSR count). The van der Waals surface area contributed by atoms with Crippen molar-refractivity contribution >= 4 is 40.3 Å². The van der Waals surface area contributed by atoms with Gasteiger partial charge in [-0.15, -0.1) is 0 Å². The summed E-state index contributed by atoms with van der Waals surface area (Å²) in [5.74, 6) is 0.537. The molecule has 8 nitrogen and oxygen atoms in total. The van der Waals surface area contributed by atoms with Gasteiger partial charge in [-0.1, -0.05) is 29.3 Å². The van der Waals surface area contributed by atoms with E-state index in [0.717, 1.165) is 19.4 Å². The fourth-order valence-corrected chi connectivity index (χ4v) is 3.89. The molecular weight excluding hydrogens is 417 g/mol. The van der Waals surface area contributed by atoms with Crippen molar-refractivity contribution in [3.05, 3.63) is 54.6 Å². The molecule has 1 aliphatic heterocycles. The molecule has 1 atom stereocenters. The zero-order valence-electron chi connectivity index (χ0n) is 16.1. The van der Waals surface area contributed by atoms with Crippen molar-refractivity contribution in [1.29, 1.82) is 0 Å². The van der Waals surface area contributed by atoms with Gasteiger partial charge in [-0.25, -0.2) is 4.79 Å². The summed E-state index contributed by atoms with van der Waals surface area (Å²) in [4.78, 5) is 30.5. The minimum atomic E-state index is -0.445. The Kier molecular flexibility index (Phi) is 5.42. The van der Waals surface area contributed by atoms with Gasteiger partial charge >= 0.3 is 5.69 Å². The number of imidazole rings is 1. The average Bonchev–Trinajstić information content (AvgIpc) is 3.03. The molecular formula is C19H21Cl2N5O3. The van der Waals surface area contributed by atoms with Crippen molar-refractivity contribution in [2.45, 2.75) is 25.4 Å². The first-order valence-corrected chi connectivity index (χ1v) is 10.1. The van der Waals surface area contributed by atoms with E-state index < -0.39 is 11.2 Å². The summed E-state index contributed by atoms with van der Waals surface area (Å²) in [6.45, 7) is 1.43. The Balaban J connectivity index is 1.78. The lowest BCUT2D eigenvalue weighted by Crippen LogP contribution is -2.39. The third-order valence-corrected chi connectivity index (χ3v) is 5.92. The van der Waals surface area contributed by atoms with Crippen LogP contribution in [-0.2, 0) is 25.4 Å². The second kappa shape index (κ2) is 7.85. The number of aryl methyl sites for hydroxylation is 2. The molecule has 3 aromatic rings. The highest BCUT2D eigenvalue weighted by Gasteiger charge is 2.21. The summed E-state index contributed by atoms with van der Waals surface area (Å²) in [5.41, 5.74) is 0.549. The third kappa shape index (κ3) is 3.68. The number of rotatable bonds is 4. The summed E-state index contributed by atoms with van der Waals surface area (Å²) in [6, 6.07) is 5.16. The predicted octanol–water partition coefficient (Wildman–Crippen LogP) is 2.38. The molecule has 1 aliphatic rings. The molecule has 154 valence electrons. The minimum Gasteiger partial charge on any atom is -0.379 e. The third-order valence-electron chi connectivity index (χ3n) is 5.18. The van der Waals surface area contributed by atoms with Gasteiger partial charge in [-0.3, -0.25) is 13.9 Å². The fraction of sp³-hybridized carbons (Fsp3) is 0.421. The van der Waals surface area contributed by atoms with E-state index in [9.17, 15) is 9.59 Å². The normalized spacial score (nSPS) is 17.0. The summed E-state index contributed by atoms with van der Waals surface area (Å²) in [6.07, 6.45) is 1.93. The number of hydrogen-bond acceptors (Lipinski definition) is 5. The number of ether oxygens (including phenoxy) is 1. The number of nitrogens with one attached hydrogen (secondary N) is 1. The standard InChI is InChI=1S/C19H21Cl2N5O3/c1-24-15-16(23-18(24)22-12-4-3-7-29-10-12)25(2)19(28)26(17(15)27)9-11-5-6-13(20)14(21)8-11/h5-6,8,12H,3-4,7,9-10H2,1-2H3,(H,22,23)/t12-/m1/s1. The maximum absolute atomic E-state index is 13.2. The molecule has 0 radical (unpaired) electrons. The monoisotopic (exact) mass is 437 g/mol. The number of fused-ring (bicyclic) bond motifs is 1. The Labute approximate surface area is 176 Å². The van der Waals surface area contributed by atoms with Crippen LogP contribution in [0.1, 0.15) is 18.4 Å². The molecule has 10 heteroatoms. The molecule has 0 amide bonds. The highest BCUT2D eigenvalue weighted by molar-refractivity contribution is 6.42. The van der Waals surface area contributed by atoms with E-state index in [4.69, 9.17) is 27.9 Å². The van der Waals surface area contributed by atoms with E-state index in [1.54, 1.807) is 36.9 Å². The van der Waals surface area contributed by atoms with Crippen LogP contribution in [0, 0.1) is 0 Å². The highest BCUT2D eigenvalue weighted by atomic mass is 35.5. The SMILES string of the molecule is Cn1c(N[C@@H]2CCCOC2)nc2c1c(=O)n(Cc1ccc(Cl)c(Cl)c1)c(=O)n2C. The number of halogens is 2. The summed E-state index contributed by atoms with van der Waals surface area (Å²) in [5, 5.41) is 4.12. The van der Waals surface area contributed by atoms with Crippen LogP contribution >= 0.6 is 23.2 Å². The molecule has 0 saturated carbocycles. The van der Waals surface area contributed by atoms with Gasteiger partial charge in [0.2, 0.25) is 5.95 Å². The summed E-state index contributed by atoms with van der Waals surface area (Å²) < 4.78 is 9.75. The van der Waals surface area contributed by atoms with Crippen LogP contribution in [-0.4, -0.2) is 37.9 Å². The van der Waals surface area contributed by atoms with E-state index >= 15 is 0 Å². The molecule has 1 N–H and O–H groups in total. The van der Waals surface area contributed by atoms with E-state index in [1.807, 2.05) is 0 Å². The van der Waals surface area contributed by atoms with Crippen molar-refractivity contribution < 1.29 is 4.74 Å². The molecule has 1 fully saturated rings. The zero-order chi connectivity index (χ0) is 20.7. The van der Waals surface area contributed by atoms with E-state index in [2.05, 4.69) is 10.3 Å². The molecule has 29 heavy (non-hydrogen) atoms. The van der Waals surface area contributed by atoms with Crippen LogP contribution in [0.5, 0.6) is 0 Å². The van der Waals surface area contributed by atoms with Crippen LogP contribution in [0.4, 0.5) is 5.95 Å². The molecule has 0 spiro atoms. The van der Waals surface area contributed by atoms with Crippen LogP contribution in [0.3, 0.4) is 0 Å². The largest absolute Gasteiger partial charge is 0.379 e. The quantitative estimate of drug-likeness (QED) is 0.677. The number of aromatic nitrogens is 4. The Morgan fingerprint density at radius 3 is 2.69 bits per heavy atom. The molecule has 0 aliphatic carbocycles. The van der Waals surface area contributed by atoms with Gasteiger partial charge in [0.25, 0.3) is 5.56 Å². The van der Waals surface area contributed by atoms with E-state index in [-0.39, 0.29) is 12.6 Å². The van der Waals surface area contributed by atoms with Crippen LogP contribution < -0.4 is 16.6 Å². The molecule has 0 unspecified atom stereocenters. The van der Waals surface area contributed by atoms with Gasteiger partial charge in [0.15, 0.2) is 11.2 Å². The second-order valence-electron chi connectivity index (χ2n) is 7.21. The molecule has 0 bridgehead atoms. The highest BCUT2D eigenvalue weighted by Crippen LogP contribution is 2.23. The predicted molar refractivity (Wildman–Crippen MR) is 113 cm³/mol. The maximum atomic E-state index is 13.2.